The molecule has 10 rings (SSSR count). The summed E-state index contributed by atoms with van der Waals surface area (Å²) in [6, 6.07) is 56.6. The molecule has 0 spiro atoms. The third-order valence-corrected chi connectivity index (χ3v) is 15.2. The first-order valence-electron chi connectivity index (χ1n) is 41.1. The van der Waals surface area contributed by atoms with Crippen LogP contribution in [0, 0.1) is 148 Å². The summed E-state index contributed by atoms with van der Waals surface area (Å²) in [6.07, 6.45) is 9.41. The lowest BCUT2D eigenvalue weighted by molar-refractivity contribution is 0.413. The van der Waals surface area contributed by atoms with E-state index in [0.29, 0.717) is 134 Å². The van der Waals surface area contributed by atoms with Gasteiger partial charge >= 0.3 is 0 Å². The number of hydrogen-bond donors (Lipinski definition) is 10. The molecule has 2 aromatic carbocycles. The van der Waals surface area contributed by atoms with Gasteiger partial charge in [0.1, 0.15) is 107 Å². The Hall–Kier alpha value is -15.8. The lowest BCUT2D eigenvalue weighted by atomic mass is 10.1. The Morgan fingerprint density at radius 1 is 0.260 bits per heavy atom. The zero-order valence-corrected chi connectivity index (χ0v) is 78.0. The highest BCUT2D eigenvalue weighted by atomic mass is 16.5. The summed E-state index contributed by atoms with van der Waals surface area (Å²) in [5.74, 6) is 6.16. The number of aryl methyl sites for hydroxylation is 5. The molecule has 0 fully saturated rings. The Morgan fingerprint density at radius 2 is 0.685 bits per heavy atom. The van der Waals surface area contributed by atoms with Crippen LogP contribution in [0.2, 0.25) is 0 Å². The van der Waals surface area contributed by atoms with Gasteiger partial charge in [0.2, 0.25) is 0 Å². The molecule has 8 heterocycles. The van der Waals surface area contributed by atoms with Gasteiger partial charge in [-0.25, -0.2) is 39.9 Å². The summed E-state index contributed by atoms with van der Waals surface area (Å²) in [4.78, 5) is 32.7. The van der Waals surface area contributed by atoms with Crippen molar-refractivity contribution < 1.29 is 4.74 Å². The fourth-order valence-electron chi connectivity index (χ4n) is 9.96. The number of nitrogens with one attached hydrogen (secondary N) is 10. The zero-order valence-electron chi connectivity index (χ0n) is 78.0. The van der Waals surface area contributed by atoms with Gasteiger partial charge in [0.15, 0.2) is 11.4 Å². The largest absolute Gasteiger partial charge is 0.495 e. The van der Waals surface area contributed by atoms with Gasteiger partial charge in [-0.15, -0.1) is 10.2 Å². The molecule has 0 radical (unpaired) electrons. The van der Waals surface area contributed by atoms with Crippen molar-refractivity contribution in [2.75, 3.05) is 60.3 Å². The first kappa shape index (κ1) is 109. The fourth-order valence-corrected chi connectivity index (χ4v) is 9.96. The fraction of sp³-hybridized carbons (Fsp3) is 0.375. The van der Waals surface area contributed by atoms with Crippen molar-refractivity contribution in [3.8, 4) is 66.4 Å². The summed E-state index contributed by atoms with van der Waals surface area (Å²) in [7, 11) is 1.56. The van der Waals surface area contributed by atoms with Gasteiger partial charge in [-0.05, 0) is 293 Å². The van der Waals surface area contributed by atoms with Crippen LogP contribution in [-0.2, 0) is 0 Å². The van der Waals surface area contributed by atoms with Gasteiger partial charge < -0.3 is 57.9 Å². The SMILES string of the molecule is CC(C)Nc1ccc(C#N)cc1.CC(C)Nc1ccc(C#N)cn1.CC(C)Nc1ccc(C#N)nc1.CC(C)Nc1ccc(C#N)nn1.CC(C)Nc1cnc(C#N)cn1.COc1cc(NC(C)C)ccc1C#N.Cc1cc(C#N)cnc1NC(C)C.Cc1cc(NC(C)C)nc(C)c1C#N.Cc1cc(NC(C)C)ncc1C#N.Cc1nc(NC(C)C)ccc1C#N. The number of anilines is 10. The smallest absolute Gasteiger partial charge is 0.163 e. The molecule has 0 aliphatic rings. The standard InChI is InChI=1S/C11H15N3.C11H14N2O.3C10H13N3.C10H12N2.2C9H11N3.2C8H10N4/c1-7(2)13-11-5-8(3)10(6-12)9(4)14-11;1-8(2)13-10-5-4-9(7-12)11(6-10)14-3;1-7(2)13-10-4-8(3)9(5-11)6-12-10;1-7(2)13-10-8(3)4-9(5-11)6-12-10;1-7(2)12-10-5-4-9(6-11)8(3)13-10;1-8(2)12-10-5-3-9(7-11)4-6-10;1-7(2)12-9-4-3-8(5-10)11-6-9;1-7(2)12-9-4-3-8(5-10)6-11-9;1-6(2)12-8-5-10-7(3-9)4-11-8;1-6(2)10-8-4-3-7(5-9)11-12-8/h5,7H,1-4H3,(H,13,14);4-6,8,13H,1-3H3;2*4,6-7H,1-3H3,(H,12,13);4-5,7H,1-3H3,(H,12,13);3-6,8,12H,1-2H3;3-4,6-7,12H,1-2H3;3-4,6-7H,1-2H3,(H,11,12);4-6H,1-2H3,(H,11,12);3-4,6H,1-2H3,(H,10,12). The highest BCUT2D eigenvalue weighted by Gasteiger charge is 2.10. The van der Waals surface area contributed by atoms with E-state index in [1.54, 1.807) is 80.6 Å². The maximum Gasteiger partial charge on any atom is 0.163 e. The summed E-state index contributed by atoms with van der Waals surface area (Å²) < 4.78 is 5.10. The Bertz CT molecular complexity index is 4920. The van der Waals surface area contributed by atoms with Crippen LogP contribution >= 0.6 is 0 Å². The third-order valence-electron chi connectivity index (χ3n) is 15.2. The summed E-state index contributed by atoms with van der Waals surface area (Å²) in [5, 5.41) is 125. The molecule has 0 aliphatic carbocycles. The second-order valence-corrected chi connectivity index (χ2v) is 30.9. The van der Waals surface area contributed by atoms with Crippen molar-refractivity contribution in [2.24, 2.45) is 0 Å². The number of methoxy groups -OCH3 is 1. The Labute approximate surface area is 751 Å². The van der Waals surface area contributed by atoms with Gasteiger partial charge in [-0.1, -0.05) is 0 Å². The van der Waals surface area contributed by atoms with Gasteiger partial charge in [-0.3, -0.25) is 0 Å². The number of pyridine rings is 6. The second-order valence-electron chi connectivity index (χ2n) is 30.9. The van der Waals surface area contributed by atoms with Gasteiger partial charge in [0, 0.05) is 96.5 Å². The molecule has 31 heteroatoms. The van der Waals surface area contributed by atoms with Crippen LogP contribution in [0.1, 0.15) is 223 Å². The number of rotatable bonds is 21. The van der Waals surface area contributed by atoms with E-state index in [9.17, 15) is 0 Å². The van der Waals surface area contributed by atoms with Crippen LogP contribution in [0.5, 0.6) is 5.75 Å². The normalized spacial score (nSPS) is 9.65. The highest BCUT2D eigenvalue weighted by Crippen LogP contribution is 2.24. The molecule has 127 heavy (non-hydrogen) atoms. The number of nitriles is 10. The number of nitrogens with zero attached hydrogens (tertiary/aromatic N) is 20. The number of hydrogen-bond acceptors (Lipinski definition) is 31. The van der Waals surface area contributed by atoms with Crippen LogP contribution in [0.15, 0.2) is 146 Å². The van der Waals surface area contributed by atoms with E-state index in [1.807, 2.05) is 167 Å². The maximum atomic E-state index is 8.86. The second kappa shape index (κ2) is 60.6. The van der Waals surface area contributed by atoms with Crippen molar-refractivity contribution in [1.82, 2.24) is 50.1 Å². The van der Waals surface area contributed by atoms with E-state index in [-0.39, 0.29) is 0 Å². The van der Waals surface area contributed by atoms with Crippen LogP contribution in [0.4, 0.5) is 57.8 Å². The molecule has 662 valence electrons. The van der Waals surface area contributed by atoms with Crippen molar-refractivity contribution in [1.29, 1.82) is 52.6 Å². The molecule has 10 N–H and O–H groups in total. The molecule has 0 unspecified atom stereocenters. The molecule has 0 saturated heterocycles. The van der Waals surface area contributed by atoms with E-state index in [1.165, 1.54) is 6.20 Å². The molecule has 0 atom stereocenters. The first-order valence-corrected chi connectivity index (χ1v) is 41.1. The Kier molecular flexibility index (Phi) is 52.2. The van der Waals surface area contributed by atoms with Crippen molar-refractivity contribution in [3.63, 3.8) is 0 Å². The average Bonchev–Trinajstić information content (AvgIpc) is 0.843. The monoisotopic (exact) mass is 1710 g/mol. The van der Waals surface area contributed by atoms with Crippen LogP contribution in [0.3, 0.4) is 0 Å². The van der Waals surface area contributed by atoms with E-state index >= 15 is 0 Å². The molecule has 0 bridgehead atoms. The van der Waals surface area contributed by atoms with Gasteiger partial charge in [0.05, 0.1) is 87.8 Å². The first-order chi connectivity index (χ1) is 60.2. The molecular weight excluding hydrogens is 1590 g/mol. The van der Waals surface area contributed by atoms with E-state index < -0.39 is 0 Å². The summed E-state index contributed by atoms with van der Waals surface area (Å²) in [5.41, 5.74) is 13.0. The average molecular weight is 1710 g/mol. The number of benzene rings is 2. The zero-order chi connectivity index (χ0) is 95.7. The quantitative estimate of drug-likeness (QED) is 0.0319. The molecular formula is C96H122N30O. The van der Waals surface area contributed by atoms with E-state index in [2.05, 4.69) is 237 Å². The molecule has 31 nitrogen and oxygen atoms in total. The molecule has 0 amide bonds. The maximum absolute atomic E-state index is 8.86. The Morgan fingerprint density at radius 3 is 1.13 bits per heavy atom. The predicted molar refractivity (Wildman–Crippen MR) is 507 cm³/mol. The van der Waals surface area contributed by atoms with Crippen LogP contribution < -0.4 is 57.9 Å². The van der Waals surface area contributed by atoms with Crippen molar-refractivity contribution in [3.05, 3.63) is 230 Å². The summed E-state index contributed by atoms with van der Waals surface area (Å²) >= 11 is 0. The molecule has 10 aromatic rings. The van der Waals surface area contributed by atoms with E-state index in [0.717, 1.165) is 74.2 Å². The van der Waals surface area contributed by atoms with Crippen molar-refractivity contribution in [2.45, 2.75) is 234 Å². The molecule has 0 saturated carbocycles. The lowest BCUT2D eigenvalue weighted by Crippen LogP contribution is -2.12. The van der Waals surface area contributed by atoms with Crippen LogP contribution in [-0.4, -0.2) is 118 Å². The summed E-state index contributed by atoms with van der Waals surface area (Å²) in [6.45, 7) is 50.4. The predicted octanol–water partition coefficient (Wildman–Crippen LogP) is 19.3. The number of aromatic nitrogens is 10. The van der Waals surface area contributed by atoms with Gasteiger partial charge in [-0.2, -0.15) is 52.6 Å². The molecule has 8 aromatic heterocycles. The molecule has 0 aliphatic heterocycles. The van der Waals surface area contributed by atoms with Gasteiger partial charge in [0.25, 0.3) is 0 Å². The minimum absolute atomic E-state index is 0.326. The lowest BCUT2D eigenvalue weighted by Gasteiger charge is -2.11. The minimum Gasteiger partial charge on any atom is -0.495 e. The minimum atomic E-state index is 0.326. The van der Waals surface area contributed by atoms with E-state index in [4.69, 9.17) is 57.4 Å². The number of ether oxygens (including phenoxy) is 1. The van der Waals surface area contributed by atoms with Crippen LogP contribution in [0.25, 0.3) is 0 Å². The topological polar surface area (TPSA) is 496 Å². The van der Waals surface area contributed by atoms with Crippen molar-refractivity contribution >= 4 is 57.8 Å². The Balaban J connectivity index is 0.000000706. The third kappa shape index (κ3) is 47.9. The highest BCUT2D eigenvalue weighted by molar-refractivity contribution is 5.57.